The molecule has 24 heavy (non-hydrogen) atoms. The summed E-state index contributed by atoms with van der Waals surface area (Å²) < 4.78 is 1.11. The highest BCUT2D eigenvalue weighted by Gasteiger charge is 2.26. The fourth-order valence-corrected chi connectivity index (χ4v) is 4.31. The van der Waals surface area contributed by atoms with Crippen molar-refractivity contribution in [1.29, 1.82) is 0 Å². The van der Waals surface area contributed by atoms with Gasteiger partial charge < -0.3 is 5.11 Å². The zero-order chi connectivity index (χ0) is 17.1. The minimum absolute atomic E-state index is 0.104. The number of amides is 1. The summed E-state index contributed by atoms with van der Waals surface area (Å²) >= 11 is 1.57. The van der Waals surface area contributed by atoms with Crippen molar-refractivity contribution in [1.82, 2.24) is 9.88 Å². The first-order valence-electron chi connectivity index (χ1n) is 8.65. The van der Waals surface area contributed by atoms with Gasteiger partial charge in [0.2, 0.25) is 5.91 Å². The fourth-order valence-electron chi connectivity index (χ4n) is 3.26. The van der Waals surface area contributed by atoms with Gasteiger partial charge in [-0.25, -0.2) is 4.98 Å². The van der Waals surface area contributed by atoms with E-state index in [2.05, 4.69) is 9.88 Å². The van der Waals surface area contributed by atoms with E-state index in [1.807, 2.05) is 38.1 Å². The predicted molar refractivity (Wildman–Crippen MR) is 98.5 cm³/mol. The van der Waals surface area contributed by atoms with Crippen molar-refractivity contribution < 1.29 is 9.90 Å². The number of benzene rings is 1. The molecule has 1 aliphatic heterocycles. The Hall–Kier alpha value is -1.50. The van der Waals surface area contributed by atoms with Gasteiger partial charge in [0.25, 0.3) is 0 Å². The molecule has 130 valence electrons. The molecule has 1 atom stereocenters. The van der Waals surface area contributed by atoms with Crippen LogP contribution in [0.5, 0.6) is 0 Å². The van der Waals surface area contributed by atoms with Crippen molar-refractivity contribution >= 4 is 32.6 Å². The van der Waals surface area contributed by atoms with Crippen molar-refractivity contribution in [2.24, 2.45) is 5.92 Å². The number of likely N-dealkylation sites (N-methyl/N-ethyl adjacent to an activating group) is 1. The molecule has 3 rings (SSSR count). The van der Waals surface area contributed by atoms with Gasteiger partial charge in [0.05, 0.1) is 22.9 Å². The van der Waals surface area contributed by atoms with Crippen LogP contribution in [0.15, 0.2) is 24.3 Å². The van der Waals surface area contributed by atoms with E-state index in [9.17, 15) is 9.90 Å². The smallest absolute Gasteiger partial charge is 0.242 e. The number of thiazole rings is 1. The van der Waals surface area contributed by atoms with Crippen LogP contribution in [0.1, 0.15) is 26.7 Å². The average Bonchev–Trinajstić information content (AvgIpc) is 2.99. The maximum absolute atomic E-state index is 12.7. The molecule has 0 bridgehead atoms. The molecular formula is C18H25N3O2S. The highest BCUT2D eigenvalue weighted by molar-refractivity contribution is 7.22. The molecule has 5 nitrogen and oxygen atoms in total. The Kier molecular flexibility index (Phi) is 5.48. The number of aliphatic hydroxyl groups is 1. The zero-order valence-corrected chi connectivity index (χ0v) is 15.1. The van der Waals surface area contributed by atoms with Gasteiger partial charge in [-0.15, -0.1) is 0 Å². The Bertz CT molecular complexity index is 659. The number of aliphatic hydroxyl groups excluding tert-OH is 1. The van der Waals surface area contributed by atoms with Gasteiger partial charge in [-0.05, 0) is 57.8 Å². The molecule has 1 amide bonds. The Balaban J connectivity index is 1.64. The predicted octanol–water partition coefficient (Wildman–Crippen LogP) is 2.74. The van der Waals surface area contributed by atoms with Crippen LogP contribution in [0.3, 0.4) is 0 Å². The number of fused-ring (bicyclic) bond motifs is 1. The fraction of sp³-hybridized carbons (Fsp3) is 0.556. The quantitative estimate of drug-likeness (QED) is 0.903. The lowest BCUT2D eigenvalue weighted by atomic mass is 9.92. The van der Waals surface area contributed by atoms with E-state index in [1.54, 1.807) is 16.2 Å². The summed E-state index contributed by atoms with van der Waals surface area (Å²) in [4.78, 5) is 21.3. The van der Waals surface area contributed by atoms with Crippen molar-refractivity contribution in [3.8, 4) is 0 Å². The van der Waals surface area contributed by atoms with Gasteiger partial charge in [0.15, 0.2) is 5.13 Å². The first kappa shape index (κ1) is 17.3. The summed E-state index contributed by atoms with van der Waals surface area (Å²) in [5, 5.41) is 10.5. The van der Waals surface area contributed by atoms with Crippen LogP contribution >= 0.6 is 11.3 Å². The van der Waals surface area contributed by atoms with E-state index in [4.69, 9.17) is 0 Å². The molecule has 1 N–H and O–H groups in total. The Morgan fingerprint density at radius 2 is 2.12 bits per heavy atom. The zero-order valence-electron chi connectivity index (χ0n) is 14.3. The second-order valence-corrected chi connectivity index (χ2v) is 7.47. The molecule has 2 aromatic rings. The minimum atomic E-state index is -0.252. The number of hydrogen-bond donors (Lipinski definition) is 1. The van der Waals surface area contributed by atoms with E-state index in [-0.39, 0.29) is 12.0 Å². The largest absolute Gasteiger partial charge is 0.393 e. The van der Waals surface area contributed by atoms with Gasteiger partial charge >= 0.3 is 0 Å². The van der Waals surface area contributed by atoms with Crippen molar-refractivity contribution in [2.75, 3.05) is 31.1 Å². The number of anilines is 1. The average molecular weight is 347 g/mol. The number of carbonyl (C=O) groups is 1. The van der Waals surface area contributed by atoms with Crippen LogP contribution in [0.4, 0.5) is 5.13 Å². The number of rotatable bonds is 5. The maximum atomic E-state index is 12.7. The summed E-state index contributed by atoms with van der Waals surface area (Å²) in [7, 11) is 0. The number of aromatic nitrogens is 1. The second-order valence-electron chi connectivity index (χ2n) is 6.46. The molecule has 0 radical (unpaired) electrons. The lowest BCUT2D eigenvalue weighted by Crippen LogP contribution is -2.44. The molecule has 1 aromatic heterocycles. The molecule has 1 aliphatic rings. The first-order chi connectivity index (χ1) is 11.6. The van der Waals surface area contributed by atoms with E-state index >= 15 is 0 Å². The minimum Gasteiger partial charge on any atom is -0.393 e. The maximum Gasteiger partial charge on any atom is 0.242 e. The summed E-state index contributed by atoms with van der Waals surface area (Å²) in [5.41, 5.74) is 0.946. The molecule has 1 saturated heterocycles. The third kappa shape index (κ3) is 3.77. The molecule has 2 heterocycles. The Morgan fingerprint density at radius 3 is 2.75 bits per heavy atom. The van der Waals surface area contributed by atoms with E-state index in [0.717, 1.165) is 41.3 Å². The lowest BCUT2D eigenvalue weighted by molar-refractivity contribution is -0.120. The van der Waals surface area contributed by atoms with E-state index < -0.39 is 0 Å². The first-order valence-corrected chi connectivity index (χ1v) is 9.46. The van der Waals surface area contributed by atoms with Crippen LogP contribution in [-0.2, 0) is 4.79 Å². The molecule has 6 heteroatoms. The van der Waals surface area contributed by atoms with Gasteiger partial charge in [-0.1, -0.05) is 23.5 Å². The van der Waals surface area contributed by atoms with Gasteiger partial charge in [0.1, 0.15) is 0 Å². The molecule has 1 fully saturated rings. The topological polar surface area (TPSA) is 56.7 Å². The van der Waals surface area contributed by atoms with Crippen molar-refractivity contribution in [2.45, 2.75) is 32.8 Å². The molecule has 0 aliphatic carbocycles. The third-order valence-corrected chi connectivity index (χ3v) is 5.86. The summed E-state index contributed by atoms with van der Waals surface area (Å²) in [6.07, 6.45) is 1.66. The molecule has 1 aromatic carbocycles. The van der Waals surface area contributed by atoms with Crippen molar-refractivity contribution in [3.05, 3.63) is 24.3 Å². The number of likely N-dealkylation sites (tertiary alicyclic amines) is 1. The molecule has 0 spiro atoms. The Morgan fingerprint density at radius 1 is 1.42 bits per heavy atom. The number of para-hydroxylation sites is 1. The normalized spacial score (nSPS) is 18.0. The SMILES string of the molecule is CCN(C(=O)CN1CCC(C(C)O)CC1)c1nc2ccccc2s1. The monoisotopic (exact) mass is 347 g/mol. The number of piperidine rings is 1. The number of hydrogen-bond acceptors (Lipinski definition) is 5. The molecule has 0 saturated carbocycles. The summed E-state index contributed by atoms with van der Waals surface area (Å²) in [6, 6.07) is 7.98. The van der Waals surface area contributed by atoms with Gasteiger partial charge in [0, 0.05) is 6.54 Å². The molecule has 1 unspecified atom stereocenters. The van der Waals surface area contributed by atoms with E-state index in [0.29, 0.717) is 19.0 Å². The van der Waals surface area contributed by atoms with Gasteiger partial charge in [-0.2, -0.15) is 0 Å². The van der Waals surface area contributed by atoms with Crippen LogP contribution in [0.25, 0.3) is 10.2 Å². The van der Waals surface area contributed by atoms with Crippen LogP contribution in [0, 0.1) is 5.92 Å². The lowest BCUT2D eigenvalue weighted by Gasteiger charge is -2.33. The van der Waals surface area contributed by atoms with E-state index in [1.165, 1.54) is 0 Å². The highest BCUT2D eigenvalue weighted by Crippen LogP contribution is 2.29. The summed E-state index contributed by atoms with van der Waals surface area (Å²) in [6.45, 7) is 6.65. The number of nitrogens with zero attached hydrogens (tertiary/aromatic N) is 3. The van der Waals surface area contributed by atoms with Crippen molar-refractivity contribution in [3.63, 3.8) is 0 Å². The Labute approximate surface area is 146 Å². The van der Waals surface area contributed by atoms with Crippen LogP contribution in [0.2, 0.25) is 0 Å². The third-order valence-electron chi connectivity index (χ3n) is 4.80. The van der Waals surface area contributed by atoms with Gasteiger partial charge in [-0.3, -0.25) is 14.6 Å². The number of carbonyl (C=O) groups excluding carboxylic acids is 1. The van der Waals surface area contributed by atoms with Crippen LogP contribution < -0.4 is 4.90 Å². The van der Waals surface area contributed by atoms with Crippen LogP contribution in [-0.4, -0.2) is 53.2 Å². The highest BCUT2D eigenvalue weighted by atomic mass is 32.1. The summed E-state index contributed by atoms with van der Waals surface area (Å²) in [5.74, 6) is 0.468. The standard InChI is InChI=1S/C18H25N3O2S/c1-3-21(18-19-15-6-4-5-7-16(15)24-18)17(23)12-20-10-8-14(9-11-20)13(2)22/h4-7,13-14,22H,3,8-12H2,1-2H3. The molecular weight excluding hydrogens is 322 g/mol. The second kappa shape index (κ2) is 7.59.